The van der Waals surface area contributed by atoms with Gasteiger partial charge in [-0.2, -0.15) is 4.39 Å². The van der Waals surface area contributed by atoms with Crippen LogP contribution in [0.3, 0.4) is 0 Å². The van der Waals surface area contributed by atoms with Crippen molar-refractivity contribution in [1.82, 2.24) is 0 Å². The van der Waals surface area contributed by atoms with Gasteiger partial charge in [0.15, 0.2) is 23.2 Å². The zero-order valence-electron chi connectivity index (χ0n) is 22.9. The molecule has 2 aliphatic rings. The summed E-state index contributed by atoms with van der Waals surface area (Å²) in [5, 5.41) is 0. The molecule has 0 bridgehead atoms. The number of allylic oxidation sites excluding steroid dienone is 1. The van der Waals surface area contributed by atoms with Crippen molar-refractivity contribution in [2.45, 2.75) is 103 Å². The number of benzene rings is 2. The standard InChI is InChI=1S/C33H42F4O/c1-3-4-5-6-21-38-29-20-19-28(32(36)33(29)37)25-14-9-23(10-15-25)11-16-26-17-18-27(31(35)30(26)34)24-12-7-22(2)8-13-24/h11,16-20,22-25H,3-10,12-15,21H2,1-2H3/b16-11+. The third-order valence-corrected chi connectivity index (χ3v) is 8.69. The molecule has 0 aliphatic heterocycles. The molecule has 2 saturated carbocycles. The van der Waals surface area contributed by atoms with Crippen molar-refractivity contribution in [3.05, 3.63) is 70.3 Å². The fourth-order valence-electron chi connectivity index (χ4n) is 6.14. The van der Waals surface area contributed by atoms with Crippen LogP contribution in [0.1, 0.15) is 119 Å². The van der Waals surface area contributed by atoms with Gasteiger partial charge >= 0.3 is 0 Å². The van der Waals surface area contributed by atoms with Crippen molar-refractivity contribution in [3.63, 3.8) is 0 Å². The van der Waals surface area contributed by atoms with Crippen molar-refractivity contribution in [2.24, 2.45) is 11.8 Å². The van der Waals surface area contributed by atoms with Gasteiger partial charge in [0.05, 0.1) is 6.61 Å². The summed E-state index contributed by atoms with van der Waals surface area (Å²) >= 11 is 0. The maximum absolute atomic E-state index is 14.9. The van der Waals surface area contributed by atoms with E-state index < -0.39 is 23.3 Å². The van der Waals surface area contributed by atoms with Crippen LogP contribution < -0.4 is 4.74 Å². The molecule has 0 radical (unpaired) electrons. The molecule has 5 heteroatoms. The Bertz CT molecular complexity index is 1080. The van der Waals surface area contributed by atoms with Gasteiger partial charge in [0.25, 0.3) is 0 Å². The van der Waals surface area contributed by atoms with Crippen LogP contribution in [-0.2, 0) is 0 Å². The van der Waals surface area contributed by atoms with Crippen molar-refractivity contribution < 1.29 is 22.3 Å². The van der Waals surface area contributed by atoms with Crippen LogP contribution in [0.2, 0.25) is 0 Å². The molecule has 0 heterocycles. The Morgan fingerprint density at radius 3 is 1.97 bits per heavy atom. The Morgan fingerprint density at radius 2 is 1.32 bits per heavy atom. The van der Waals surface area contributed by atoms with Gasteiger partial charge in [-0.05, 0) is 85.8 Å². The van der Waals surface area contributed by atoms with Gasteiger partial charge in [0.2, 0.25) is 5.82 Å². The minimum Gasteiger partial charge on any atom is -0.490 e. The highest BCUT2D eigenvalue weighted by Crippen LogP contribution is 2.40. The zero-order chi connectivity index (χ0) is 27.1. The molecule has 0 unspecified atom stereocenters. The maximum atomic E-state index is 14.9. The van der Waals surface area contributed by atoms with Crippen molar-refractivity contribution in [2.75, 3.05) is 6.61 Å². The lowest BCUT2D eigenvalue weighted by molar-refractivity contribution is 0.283. The highest BCUT2D eigenvalue weighted by molar-refractivity contribution is 5.52. The van der Waals surface area contributed by atoms with Gasteiger partial charge in [-0.25, -0.2) is 13.2 Å². The normalized spacial score (nSPS) is 24.2. The molecule has 0 saturated heterocycles. The Kier molecular flexibility index (Phi) is 10.3. The molecular weight excluding hydrogens is 488 g/mol. The number of hydrogen-bond acceptors (Lipinski definition) is 1. The molecule has 0 N–H and O–H groups in total. The number of halogens is 4. The molecule has 0 atom stereocenters. The summed E-state index contributed by atoms with van der Waals surface area (Å²) in [4.78, 5) is 0. The molecule has 2 fully saturated rings. The fraction of sp³-hybridized carbons (Fsp3) is 0.576. The van der Waals surface area contributed by atoms with E-state index in [1.165, 1.54) is 0 Å². The Labute approximate surface area is 225 Å². The molecule has 2 aromatic carbocycles. The summed E-state index contributed by atoms with van der Waals surface area (Å²) in [7, 11) is 0. The topological polar surface area (TPSA) is 9.23 Å². The number of hydrogen-bond donors (Lipinski definition) is 0. The van der Waals surface area contributed by atoms with E-state index in [0.29, 0.717) is 23.7 Å². The fourth-order valence-corrected chi connectivity index (χ4v) is 6.14. The molecule has 1 nitrogen and oxygen atoms in total. The average molecular weight is 531 g/mol. The Hall–Kier alpha value is -2.30. The predicted octanol–water partition coefficient (Wildman–Crippen LogP) is 10.5. The van der Waals surface area contributed by atoms with Crippen LogP contribution in [0.25, 0.3) is 6.08 Å². The average Bonchev–Trinajstić information content (AvgIpc) is 2.93. The van der Waals surface area contributed by atoms with Gasteiger partial charge in [-0.15, -0.1) is 0 Å². The largest absolute Gasteiger partial charge is 0.490 e. The minimum atomic E-state index is -0.899. The van der Waals surface area contributed by atoms with E-state index in [2.05, 4.69) is 13.8 Å². The van der Waals surface area contributed by atoms with Gasteiger partial charge in [0.1, 0.15) is 0 Å². The monoisotopic (exact) mass is 530 g/mol. The Balaban J connectivity index is 1.32. The third kappa shape index (κ3) is 7.01. The van der Waals surface area contributed by atoms with Crippen LogP contribution in [0, 0.1) is 35.1 Å². The van der Waals surface area contributed by atoms with Gasteiger partial charge in [-0.3, -0.25) is 0 Å². The molecule has 0 aromatic heterocycles. The summed E-state index contributed by atoms with van der Waals surface area (Å²) < 4.78 is 64.7. The van der Waals surface area contributed by atoms with Crippen LogP contribution in [0.5, 0.6) is 5.75 Å². The van der Waals surface area contributed by atoms with Crippen molar-refractivity contribution >= 4 is 6.08 Å². The van der Waals surface area contributed by atoms with E-state index in [1.54, 1.807) is 30.3 Å². The summed E-state index contributed by atoms with van der Waals surface area (Å²) in [5.41, 5.74) is 1.19. The Morgan fingerprint density at radius 1 is 0.711 bits per heavy atom. The minimum absolute atomic E-state index is 0.0160. The molecule has 0 spiro atoms. The van der Waals surface area contributed by atoms with Crippen molar-refractivity contribution in [3.8, 4) is 5.75 Å². The molecule has 38 heavy (non-hydrogen) atoms. The molecular formula is C33H42F4O. The quantitative estimate of drug-likeness (QED) is 0.219. The summed E-state index contributed by atoms with van der Waals surface area (Å²) in [5.74, 6) is -2.29. The lowest BCUT2D eigenvalue weighted by atomic mass is 9.78. The zero-order valence-corrected chi connectivity index (χ0v) is 22.9. The first-order valence-corrected chi connectivity index (χ1v) is 14.7. The molecule has 208 valence electrons. The van der Waals surface area contributed by atoms with Gasteiger partial charge < -0.3 is 4.74 Å². The summed E-state index contributed by atoms with van der Waals surface area (Å²) in [6.45, 7) is 4.72. The number of rotatable bonds is 10. The van der Waals surface area contributed by atoms with E-state index >= 15 is 0 Å². The predicted molar refractivity (Wildman–Crippen MR) is 146 cm³/mol. The first kappa shape index (κ1) is 28.7. The summed E-state index contributed by atoms with van der Waals surface area (Å²) in [6, 6.07) is 6.66. The van der Waals surface area contributed by atoms with Gasteiger partial charge in [0, 0.05) is 5.56 Å². The maximum Gasteiger partial charge on any atom is 0.200 e. The lowest BCUT2D eigenvalue weighted by Crippen LogP contribution is -2.14. The SMILES string of the molecule is CCCCCCOc1ccc(C2CCC(/C=C/c3ccc(C4CCC(C)CC4)c(F)c3F)CC2)c(F)c1F. The van der Waals surface area contributed by atoms with Gasteiger partial charge in [-0.1, -0.05) is 76.3 Å². The molecule has 2 aromatic rings. The van der Waals surface area contributed by atoms with Crippen LogP contribution in [0.4, 0.5) is 17.6 Å². The molecule has 2 aliphatic carbocycles. The van der Waals surface area contributed by atoms with Crippen LogP contribution in [0.15, 0.2) is 30.3 Å². The second-order valence-electron chi connectivity index (χ2n) is 11.5. The smallest absolute Gasteiger partial charge is 0.200 e. The molecule has 0 amide bonds. The van der Waals surface area contributed by atoms with Crippen LogP contribution in [-0.4, -0.2) is 6.61 Å². The van der Waals surface area contributed by atoms with E-state index in [9.17, 15) is 17.6 Å². The second kappa shape index (κ2) is 13.7. The highest BCUT2D eigenvalue weighted by Gasteiger charge is 2.27. The first-order valence-electron chi connectivity index (χ1n) is 14.7. The second-order valence-corrected chi connectivity index (χ2v) is 11.5. The first-order chi connectivity index (χ1) is 18.4. The highest BCUT2D eigenvalue weighted by atomic mass is 19.2. The molecule has 4 rings (SSSR count). The van der Waals surface area contributed by atoms with E-state index in [1.807, 2.05) is 6.08 Å². The number of unbranched alkanes of at least 4 members (excludes halogenated alkanes) is 3. The number of ether oxygens (including phenoxy) is 1. The van der Waals surface area contributed by atoms with E-state index in [4.69, 9.17) is 4.74 Å². The van der Waals surface area contributed by atoms with Crippen molar-refractivity contribution in [1.29, 1.82) is 0 Å². The van der Waals surface area contributed by atoms with Crippen LogP contribution >= 0.6 is 0 Å². The summed E-state index contributed by atoms with van der Waals surface area (Å²) in [6.07, 6.45) is 14.7. The lowest BCUT2D eigenvalue weighted by Gasteiger charge is -2.28. The van der Waals surface area contributed by atoms with E-state index in [0.717, 1.165) is 77.0 Å². The third-order valence-electron chi connectivity index (χ3n) is 8.69. The van der Waals surface area contributed by atoms with E-state index in [-0.39, 0.29) is 29.1 Å².